The van der Waals surface area contributed by atoms with E-state index >= 15 is 0 Å². The maximum atomic E-state index is 13.6. The second-order valence-electron chi connectivity index (χ2n) is 13.1. The second kappa shape index (κ2) is 21.0. The highest BCUT2D eigenvalue weighted by Gasteiger charge is 2.31. The number of furan rings is 1. The van der Waals surface area contributed by atoms with Crippen molar-refractivity contribution in [2.75, 3.05) is 66.4 Å². The van der Waals surface area contributed by atoms with Gasteiger partial charge in [-0.15, -0.1) is 0 Å². The Morgan fingerprint density at radius 2 is 1.58 bits per heavy atom. The number of esters is 1. The molecule has 0 saturated heterocycles. The van der Waals surface area contributed by atoms with Crippen molar-refractivity contribution in [1.82, 2.24) is 10.0 Å². The minimum absolute atomic E-state index is 0.0572. The van der Waals surface area contributed by atoms with Gasteiger partial charge in [0.25, 0.3) is 11.7 Å². The molecule has 5 rings (SSSR count). The van der Waals surface area contributed by atoms with Crippen LogP contribution in [0.3, 0.4) is 0 Å². The van der Waals surface area contributed by atoms with Crippen LogP contribution in [0.5, 0.6) is 0 Å². The summed E-state index contributed by atoms with van der Waals surface area (Å²) >= 11 is 0. The zero-order valence-electron chi connectivity index (χ0n) is 31.8. The Morgan fingerprint density at radius 1 is 0.912 bits per heavy atom. The number of hydrogen-bond donors (Lipinski definition) is 3. The highest BCUT2D eigenvalue weighted by molar-refractivity contribution is 7.88. The lowest BCUT2D eigenvalue weighted by Gasteiger charge is -2.12. The molecule has 0 unspecified atom stereocenters. The molecule has 1 aromatic heterocycles. The third kappa shape index (κ3) is 12.8. The van der Waals surface area contributed by atoms with Gasteiger partial charge in [0.2, 0.25) is 10.0 Å². The molecule has 14 nitrogen and oxygen atoms in total. The molecule has 0 spiro atoms. The van der Waals surface area contributed by atoms with Crippen LogP contribution in [0.2, 0.25) is 0 Å². The van der Waals surface area contributed by atoms with E-state index in [-0.39, 0.29) is 62.1 Å². The van der Waals surface area contributed by atoms with Crippen LogP contribution in [0.15, 0.2) is 71.2 Å². The van der Waals surface area contributed by atoms with E-state index in [1.807, 2.05) is 6.07 Å². The number of aliphatic hydroxyl groups is 1. The summed E-state index contributed by atoms with van der Waals surface area (Å²) in [5.74, 6) is -2.93. The van der Waals surface area contributed by atoms with Crippen molar-refractivity contribution in [2.24, 2.45) is 0 Å². The average molecular weight is 811 g/mol. The minimum atomic E-state index is -3.75. The molecule has 16 heteroatoms. The van der Waals surface area contributed by atoms with Gasteiger partial charge in [0.1, 0.15) is 22.9 Å². The van der Waals surface area contributed by atoms with Crippen LogP contribution in [0, 0.1) is 5.82 Å². The highest BCUT2D eigenvalue weighted by atomic mass is 32.2. The first kappa shape index (κ1) is 43.2. The monoisotopic (exact) mass is 810 g/mol. The molecule has 0 radical (unpaired) electrons. The summed E-state index contributed by atoms with van der Waals surface area (Å²) in [4.78, 5) is 36.3. The first-order valence-electron chi connectivity index (χ1n) is 18.6. The number of ether oxygens (including phenoxy) is 5. The molecule has 0 bridgehead atoms. The van der Waals surface area contributed by atoms with E-state index < -0.39 is 27.6 Å². The minimum Gasteiger partial charge on any atom is -0.507 e. The Balaban J connectivity index is 0.971. The van der Waals surface area contributed by atoms with E-state index in [1.54, 1.807) is 37.3 Å². The summed E-state index contributed by atoms with van der Waals surface area (Å²) in [5.41, 5.74) is 3.76. The zero-order chi connectivity index (χ0) is 40.8. The van der Waals surface area contributed by atoms with E-state index in [2.05, 4.69) is 14.8 Å². The Kier molecular flexibility index (Phi) is 15.9. The highest BCUT2D eigenvalue weighted by Crippen LogP contribution is 2.45. The van der Waals surface area contributed by atoms with E-state index in [1.165, 1.54) is 31.3 Å². The molecular formula is C41H47FN2O12S. The molecule has 3 aromatic carbocycles. The molecule has 4 aromatic rings. The summed E-state index contributed by atoms with van der Waals surface area (Å²) in [7, 11) is -2.23. The number of aliphatic hydroxyl groups excluding tert-OH is 1. The van der Waals surface area contributed by atoms with Crippen LogP contribution in [-0.4, -0.2) is 97.6 Å². The van der Waals surface area contributed by atoms with Crippen LogP contribution in [-0.2, 0) is 55.7 Å². The molecule has 0 atom stereocenters. The van der Waals surface area contributed by atoms with Crippen LogP contribution in [0.1, 0.15) is 58.3 Å². The van der Waals surface area contributed by atoms with Gasteiger partial charge in [-0.25, -0.2) is 22.3 Å². The number of benzene rings is 3. The van der Waals surface area contributed by atoms with Crippen molar-refractivity contribution in [2.45, 2.75) is 38.0 Å². The number of hydrogen-bond acceptors (Lipinski definition) is 12. The number of rotatable bonds is 24. The Labute approximate surface area is 330 Å². The normalized spacial score (nSPS) is 13.2. The molecule has 1 aliphatic carbocycles. The van der Waals surface area contributed by atoms with Gasteiger partial charge < -0.3 is 38.5 Å². The molecule has 3 N–H and O–H groups in total. The molecule has 1 saturated carbocycles. The standard InChI is InChI=1S/C41H47FN2O12S/c1-3-55-41(48)36(46)24-35(45)30-6-4-5-27(21-30)25-54-20-19-53-18-17-52-16-15-51-14-13-44-57(49,50)26-31-22-37-34(23-33(31)28-7-8-28)38(40(47)43-2)39(56-37)29-9-11-32(42)12-10-29/h4-6,9-12,21-24,28,44-45H,3,7-8,13-20,25-26H2,1-2H3,(H,43,47). The van der Waals surface area contributed by atoms with E-state index in [4.69, 9.17) is 23.4 Å². The third-order valence-electron chi connectivity index (χ3n) is 8.79. The molecule has 1 amide bonds. The smallest absolute Gasteiger partial charge is 0.379 e. The Hall–Kier alpha value is -4.97. The number of carbonyl (C=O) groups excluding carboxylic acids is 3. The molecule has 1 heterocycles. The lowest BCUT2D eigenvalue weighted by atomic mass is 9.98. The maximum Gasteiger partial charge on any atom is 0.379 e. The number of carbonyl (C=O) groups is 3. The SMILES string of the molecule is CCOC(=O)C(=O)C=C(O)c1cccc(COCCOCCOCCOCCNS(=O)(=O)Cc2cc3oc(-c4ccc(F)cc4)c(C(=O)NC)c3cc2C2CC2)c1. The molecule has 57 heavy (non-hydrogen) atoms. The van der Waals surface area contributed by atoms with Gasteiger partial charge in [-0.1, -0.05) is 18.2 Å². The first-order valence-corrected chi connectivity index (χ1v) is 20.2. The molecular weight excluding hydrogens is 764 g/mol. The van der Waals surface area contributed by atoms with Crippen molar-refractivity contribution >= 4 is 44.4 Å². The number of halogens is 1. The second-order valence-corrected chi connectivity index (χ2v) is 14.9. The van der Waals surface area contributed by atoms with Crippen molar-refractivity contribution in [3.63, 3.8) is 0 Å². The van der Waals surface area contributed by atoms with E-state index in [0.717, 1.165) is 30.0 Å². The molecule has 1 fully saturated rings. The summed E-state index contributed by atoms with van der Waals surface area (Å²) in [6.07, 6.45) is 2.65. The number of nitrogens with one attached hydrogen (secondary N) is 2. The van der Waals surface area contributed by atoms with Crippen LogP contribution in [0.4, 0.5) is 4.39 Å². The predicted octanol–water partition coefficient (Wildman–Crippen LogP) is 5.19. The number of sulfonamides is 1. The van der Waals surface area contributed by atoms with Gasteiger partial charge in [-0.05, 0) is 84.8 Å². The van der Waals surface area contributed by atoms with Crippen molar-refractivity contribution in [1.29, 1.82) is 0 Å². The van der Waals surface area contributed by atoms with E-state index in [9.17, 15) is 32.3 Å². The number of fused-ring (bicyclic) bond motifs is 1. The largest absolute Gasteiger partial charge is 0.507 e. The van der Waals surface area contributed by atoms with Gasteiger partial charge in [-0.3, -0.25) is 9.59 Å². The first-order chi connectivity index (χ1) is 27.5. The van der Waals surface area contributed by atoms with Gasteiger partial charge >= 0.3 is 5.97 Å². The van der Waals surface area contributed by atoms with E-state index in [0.29, 0.717) is 66.3 Å². The Morgan fingerprint density at radius 3 is 2.23 bits per heavy atom. The van der Waals surface area contributed by atoms with Crippen LogP contribution in [0.25, 0.3) is 28.1 Å². The molecule has 0 aliphatic heterocycles. The summed E-state index contributed by atoms with van der Waals surface area (Å²) < 4.78 is 75.3. The van der Waals surface area contributed by atoms with Gasteiger partial charge in [-0.2, -0.15) is 0 Å². The van der Waals surface area contributed by atoms with Crippen molar-refractivity contribution in [3.05, 3.63) is 100 Å². The topological polar surface area (TPSA) is 189 Å². The summed E-state index contributed by atoms with van der Waals surface area (Å²) in [6.45, 7) is 3.94. The lowest BCUT2D eigenvalue weighted by Crippen LogP contribution is -2.29. The number of ketones is 1. The van der Waals surface area contributed by atoms with Crippen LogP contribution >= 0.6 is 0 Å². The Bertz CT molecular complexity index is 2150. The quantitative estimate of drug-likeness (QED) is 0.0277. The van der Waals surface area contributed by atoms with Crippen LogP contribution < -0.4 is 10.0 Å². The predicted molar refractivity (Wildman–Crippen MR) is 208 cm³/mol. The zero-order valence-corrected chi connectivity index (χ0v) is 32.7. The van der Waals surface area contributed by atoms with Crippen molar-refractivity contribution in [3.8, 4) is 11.3 Å². The molecule has 306 valence electrons. The van der Waals surface area contributed by atoms with Crippen molar-refractivity contribution < 1.29 is 60.4 Å². The third-order valence-corrected chi connectivity index (χ3v) is 10.1. The van der Waals surface area contributed by atoms with Gasteiger partial charge in [0.05, 0.1) is 70.8 Å². The van der Waals surface area contributed by atoms with Gasteiger partial charge in [0, 0.05) is 36.2 Å². The maximum absolute atomic E-state index is 13.6. The fraction of sp³-hybridized carbons (Fsp3) is 0.390. The average Bonchev–Trinajstić information content (AvgIpc) is 3.98. The summed E-state index contributed by atoms with van der Waals surface area (Å²) in [6, 6.07) is 15.9. The fourth-order valence-corrected chi connectivity index (χ4v) is 7.08. The fourth-order valence-electron chi connectivity index (χ4n) is 5.92. The molecule has 1 aliphatic rings. The summed E-state index contributed by atoms with van der Waals surface area (Å²) in [5, 5.41) is 13.4. The lowest BCUT2D eigenvalue weighted by molar-refractivity contribution is -0.151. The number of amides is 1. The van der Waals surface area contributed by atoms with Gasteiger partial charge in [0.15, 0.2) is 0 Å².